The predicted molar refractivity (Wildman–Crippen MR) is 39.9 cm³/mol. The highest BCUT2D eigenvalue weighted by atomic mass is 16.3. The Balaban J connectivity index is 2.04. The van der Waals surface area contributed by atoms with Gasteiger partial charge in [-0.1, -0.05) is 0 Å². The molecule has 1 aliphatic heterocycles. The smallest absolute Gasteiger partial charge is 0.0872 e. The first-order valence-electron chi connectivity index (χ1n) is 3.75. The Bertz CT molecular complexity index is 218. The number of hydrogen-bond acceptors (Lipinski definition) is 3. The van der Waals surface area contributed by atoms with Crippen molar-refractivity contribution in [2.45, 2.75) is 6.10 Å². The highest BCUT2D eigenvalue weighted by Gasteiger charge is 2.26. The van der Waals surface area contributed by atoms with Gasteiger partial charge in [-0.2, -0.15) is 5.10 Å². The summed E-state index contributed by atoms with van der Waals surface area (Å²) in [6.07, 6.45) is 3.06. The Morgan fingerprint density at radius 3 is 2.91 bits per heavy atom. The van der Waals surface area contributed by atoms with Crippen molar-refractivity contribution >= 4 is 0 Å². The highest BCUT2D eigenvalue weighted by molar-refractivity contribution is 5.09. The number of rotatable bonds is 2. The van der Waals surface area contributed by atoms with Crippen molar-refractivity contribution in [2.24, 2.45) is 5.92 Å². The standard InChI is InChI=1S/C7H11N3O/c11-7(5-1-8-2-5)6-3-9-10-4-6/h3-5,7-8,11H,1-2H2,(H,9,10). The molecule has 2 heterocycles. The zero-order valence-electron chi connectivity index (χ0n) is 6.12. The van der Waals surface area contributed by atoms with Crippen LogP contribution in [0.4, 0.5) is 0 Å². The van der Waals surface area contributed by atoms with E-state index >= 15 is 0 Å². The molecule has 0 aliphatic carbocycles. The number of aromatic amines is 1. The Hall–Kier alpha value is -0.870. The predicted octanol–water partition coefficient (Wildman–Crippen LogP) is -0.338. The second-order valence-electron chi connectivity index (χ2n) is 2.89. The maximum Gasteiger partial charge on any atom is 0.0872 e. The number of aliphatic hydroxyl groups excluding tert-OH is 1. The van der Waals surface area contributed by atoms with Gasteiger partial charge in [-0.3, -0.25) is 5.10 Å². The average molecular weight is 153 g/mol. The average Bonchev–Trinajstić information content (AvgIpc) is 2.32. The first kappa shape index (κ1) is 6.82. The first-order valence-corrected chi connectivity index (χ1v) is 3.75. The molecule has 0 bridgehead atoms. The second-order valence-corrected chi connectivity index (χ2v) is 2.89. The molecule has 0 spiro atoms. The Kier molecular flexibility index (Phi) is 1.63. The lowest BCUT2D eigenvalue weighted by Crippen LogP contribution is -2.45. The van der Waals surface area contributed by atoms with E-state index in [1.165, 1.54) is 0 Å². The zero-order chi connectivity index (χ0) is 7.68. The zero-order valence-corrected chi connectivity index (χ0v) is 6.12. The summed E-state index contributed by atoms with van der Waals surface area (Å²) in [7, 11) is 0. The molecule has 0 aromatic carbocycles. The maximum atomic E-state index is 9.63. The molecule has 60 valence electrons. The molecule has 3 N–H and O–H groups in total. The summed E-state index contributed by atoms with van der Waals surface area (Å²) in [4.78, 5) is 0. The third-order valence-corrected chi connectivity index (χ3v) is 2.12. The molecule has 0 saturated carbocycles. The third kappa shape index (κ3) is 1.15. The molecule has 2 rings (SSSR count). The summed E-state index contributed by atoms with van der Waals surface area (Å²) < 4.78 is 0. The fourth-order valence-electron chi connectivity index (χ4n) is 1.23. The molecule has 1 aromatic rings. The molecule has 4 nitrogen and oxygen atoms in total. The molecule has 0 radical (unpaired) electrons. The van der Waals surface area contributed by atoms with E-state index in [1.807, 2.05) is 0 Å². The van der Waals surface area contributed by atoms with Crippen molar-refractivity contribution < 1.29 is 5.11 Å². The molecule has 1 unspecified atom stereocenters. The van der Waals surface area contributed by atoms with Crippen molar-refractivity contribution in [2.75, 3.05) is 13.1 Å². The molecule has 1 aliphatic rings. The number of nitrogens with one attached hydrogen (secondary N) is 2. The van der Waals surface area contributed by atoms with Crippen LogP contribution in [-0.2, 0) is 0 Å². The van der Waals surface area contributed by atoms with Crippen molar-refractivity contribution in [3.63, 3.8) is 0 Å². The monoisotopic (exact) mass is 153 g/mol. The van der Waals surface area contributed by atoms with Crippen LogP contribution >= 0.6 is 0 Å². The minimum atomic E-state index is -0.352. The van der Waals surface area contributed by atoms with Crippen LogP contribution in [0, 0.1) is 5.92 Å². The van der Waals surface area contributed by atoms with Crippen molar-refractivity contribution in [1.29, 1.82) is 0 Å². The van der Waals surface area contributed by atoms with Gasteiger partial charge in [0, 0.05) is 30.8 Å². The molecule has 1 atom stereocenters. The van der Waals surface area contributed by atoms with Gasteiger partial charge >= 0.3 is 0 Å². The number of nitrogens with zero attached hydrogens (tertiary/aromatic N) is 1. The van der Waals surface area contributed by atoms with Gasteiger partial charge in [-0.15, -0.1) is 0 Å². The SMILES string of the molecule is OC(c1cn[nH]c1)C1CNC1. The summed E-state index contributed by atoms with van der Waals surface area (Å²) in [6, 6.07) is 0. The van der Waals surface area contributed by atoms with Gasteiger partial charge in [0.2, 0.25) is 0 Å². The summed E-state index contributed by atoms with van der Waals surface area (Å²) in [5, 5.41) is 19.2. The lowest BCUT2D eigenvalue weighted by atomic mass is 9.93. The van der Waals surface area contributed by atoms with Crippen molar-refractivity contribution in [3.05, 3.63) is 18.0 Å². The van der Waals surface area contributed by atoms with E-state index in [4.69, 9.17) is 0 Å². The van der Waals surface area contributed by atoms with Gasteiger partial charge in [-0.25, -0.2) is 0 Å². The summed E-state index contributed by atoms with van der Waals surface area (Å²) in [5.74, 6) is 0.368. The number of aliphatic hydroxyl groups is 1. The Morgan fingerprint density at radius 2 is 2.45 bits per heavy atom. The topological polar surface area (TPSA) is 60.9 Å². The molecular formula is C7H11N3O. The van der Waals surface area contributed by atoms with Crippen LogP contribution in [0.1, 0.15) is 11.7 Å². The van der Waals surface area contributed by atoms with E-state index < -0.39 is 0 Å². The van der Waals surface area contributed by atoms with Gasteiger partial charge in [0.15, 0.2) is 0 Å². The largest absolute Gasteiger partial charge is 0.388 e. The summed E-state index contributed by atoms with van der Waals surface area (Å²) in [5.41, 5.74) is 0.886. The van der Waals surface area contributed by atoms with Crippen molar-refractivity contribution in [1.82, 2.24) is 15.5 Å². The normalized spacial score (nSPS) is 21.2. The van der Waals surface area contributed by atoms with E-state index in [0.29, 0.717) is 5.92 Å². The van der Waals surface area contributed by atoms with Gasteiger partial charge in [0.1, 0.15) is 0 Å². The molecular weight excluding hydrogens is 142 g/mol. The lowest BCUT2D eigenvalue weighted by molar-refractivity contribution is 0.0767. The van der Waals surface area contributed by atoms with E-state index in [9.17, 15) is 5.11 Å². The quantitative estimate of drug-likeness (QED) is 0.545. The Labute approximate surface area is 64.6 Å². The lowest BCUT2D eigenvalue weighted by Gasteiger charge is -2.30. The fourth-order valence-corrected chi connectivity index (χ4v) is 1.23. The van der Waals surface area contributed by atoms with Crippen LogP contribution in [-0.4, -0.2) is 28.4 Å². The molecule has 11 heavy (non-hydrogen) atoms. The number of hydrogen-bond donors (Lipinski definition) is 3. The van der Waals surface area contributed by atoms with Crippen LogP contribution in [0.25, 0.3) is 0 Å². The third-order valence-electron chi connectivity index (χ3n) is 2.12. The van der Waals surface area contributed by atoms with Crippen LogP contribution in [0.15, 0.2) is 12.4 Å². The minimum absolute atomic E-state index is 0.352. The molecule has 4 heteroatoms. The van der Waals surface area contributed by atoms with Gasteiger partial charge in [-0.05, 0) is 0 Å². The van der Waals surface area contributed by atoms with E-state index in [2.05, 4.69) is 15.5 Å². The molecule has 1 aromatic heterocycles. The molecule has 1 fully saturated rings. The van der Waals surface area contributed by atoms with Gasteiger partial charge in [0.25, 0.3) is 0 Å². The summed E-state index contributed by atoms with van der Waals surface area (Å²) >= 11 is 0. The van der Waals surface area contributed by atoms with E-state index in [-0.39, 0.29) is 6.10 Å². The van der Waals surface area contributed by atoms with Gasteiger partial charge < -0.3 is 10.4 Å². The summed E-state index contributed by atoms with van der Waals surface area (Å²) in [6.45, 7) is 1.82. The number of aromatic nitrogens is 2. The molecule has 1 saturated heterocycles. The van der Waals surface area contributed by atoms with Crippen LogP contribution in [0.5, 0.6) is 0 Å². The number of H-pyrrole nitrogens is 1. The van der Waals surface area contributed by atoms with E-state index in [0.717, 1.165) is 18.7 Å². The van der Waals surface area contributed by atoms with Crippen LogP contribution < -0.4 is 5.32 Å². The highest BCUT2D eigenvalue weighted by Crippen LogP contribution is 2.23. The Morgan fingerprint density at radius 1 is 1.64 bits per heavy atom. The van der Waals surface area contributed by atoms with E-state index in [1.54, 1.807) is 12.4 Å². The minimum Gasteiger partial charge on any atom is -0.388 e. The van der Waals surface area contributed by atoms with Crippen LogP contribution in [0.3, 0.4) is 0 Å². The second kappa shape index (κ2) is 2.64. The maximum absolute atomic E-state index is 9.63. The first-order chi connectivity index (χ1) is 5.38. The van der Waals surface area contributed by atoms with Crippen LogP contribution in [0.2, 0.25) is 0 Å². The van der Waals surface area contributed by atoms with Gasteiger partial charge in [0.05, 0.1) is 12.3 Å². The van der Waals surface area contributed by atoms with Crippen molar-refractivity contribution in [3.8, 4) is 0 Å². The molecule has 0 amide bonds. The fraction of sp³-hybridized carbons (Fsp3) is 0.571.